The monoisotopic (exact) mass is 342 g/mol. The molecule has 0 saturated heterocycles. The lowest BCUT2D eigenvalue weighted by atomic mass is 9.85. The van der Waals surface area contributed by atoms with E-state index in [0.717, 1.165) is 11.1 Å². The molecule has 0 aliphatic heterocycles. The molecule has 0 aromatic heterocycles. The minimum Gasteiger partial charge on any atom is -0.192 e. The summed E-state index contributed by atoms with van der Waals surface area (Å²) in [5.41, 5.74) is 4.88. The average Bonchev–Trinajstić information content (AvgIpc) is 2.58. The van der Waals surface area contributed by atoms with Gasteiger partial charge in [-0.05, 0) is 33.1 Å². The van der Waals surface area contributed by atoms with Gasteiger partial charge in [-0.3, -0.25) is 0 Å². The molecule has 2 rings (SSSR count). The summed E-state index contributed by atoms with van der Waals surface area (Å²) in [6.45, 7) is 12.9. The molecule has 0 saturated carbocycles. The van der Waals surface area contributed by atoms with Crippen LogP contribution in [-0.2, 0) is 10.8 Å². The molecule has 0 aliphatic carbocycles. The SMILES string of the molecule is CC(C)(C)c1ccc(/C(C#N)=C(\C#N)c2ccc(C(C)(C)C)cc2)cc1. The molecule has 0 unspecified atom stereocenters. The van der Waals surface area contributed by atoms with Crippen LogP contribution in [0.1, 0.15) is 63.8 Å². The van der Waals surface area contributed by atoms with E-state index in [9.17, 15) is 10.5 Å². The fraction of sp³-hybridized carbons (Fsp3) is 0.333. The van der Waals surface area contributed by atoms with Crippen LogP contribution in [0.15, 0.2) is 48.5 Å². The van der Waals surface area contributed by atoms with Crippen molar-refractivity contribution in [1.82, 2.24) is 0 Å². The maximum Gasteiger partial charge on any atom is 0.101 e. The highest BCUT2D eigenvalue weighted by Gasteiger charge is 2.17. The van der Waals surface area contributed by atoms with Gasteiger partial charge in [-0.2, -0.15) is 10.5 Å². The quantitative estimate of drug-likeness (QED) is 0.479. The van der Waals surface area contributed by atoms with Crippen molar-refractivity contribution in [2.45, 2.75) is 52.4 Å². The van der Waals surface area contributed by atoms with Crippen molar-refractivity contribution in [1.29, 1.82) is 10.5 Å². The van der Waals surface area contributed by atoms with E-state index in [2.05, 4.69) is 53.7 Å². The predicted octanol–water partition coefficient (Wildman–Crippen LogP) is 6.24. The highest BCUT2D eigenvalue weighted by molar-refractivity contribution is 6.02. The molecular weight excluding hydrogens is 316 g/mol. The number of nitriles is 2. The first-order valence-electron chi connectivity index (χ1n) is 8.84. The molecule has 2 aromatic rings. The lowest BCUT2D eigenvalue weighted by Gasteiger charge is -2.19. The van der Waals surface area contributed by atoms with Crippen LogP contribution in [0, 0.1) is 22.7 Å². The minimum absolute atomic E-state index is 0.0515. The van der Waals surface area contributed by atoms with Crippen LogP contribution in [0.5, 0.6) is 0 Å². The van der Waals surface area contributed by atoms with E-state index in [1.165, 1.54) is 11.1 Å². The normalized spacial score (nSPS) is 12.8. The minimum atomic E-state index is 0.0515. The Balaban J connectivity index is 2.52. The van der Waals surface area contributed by atoms with Crippen LogP contribution >= 0.6 is 0 Å². The van der Waals surface area contributed by atoms with Gasteiger partial charge in [0.1, 0.15) is 12.1 Å². The summed E-state index contributed by atoms with van der Waals surface area (Å²) in [6.07, 6.45) is 0. The summed E-state index contributed by atoms with van der Waals surface area (Å²) >= 11 is 0. The van der Waals surface area contributed by atoms with Crippen LogP contribution in [0.2, 0.25) is 0 Å². The van der Waals surface area contributed by atoms with Crippen molar-refractivity contribution in [3.63, 3.8) is 0 Å². The molecule has 2 heteroatoms. The van der Waals surface area contributed by atoms with E-state index in [1.54, 1.807) is 0 Å². The number of nitrogens with zero attached hydrogens (tertiary/aromatic N) is 2. The van der Waals surface area contributed by atoms with Gasteiger partial charge < -0.3 is 0 Å². The molecule has 0 atom stereocenters. The van der Waals surface area contributed by atoms with Crippen molar-refractivity contribution in [3.05, 3.63) is 70.8 Å². The van der Waals surface area contributed by atoms with Crippen LogP contribution in [0.25, 0.3) is 11.1 Å². The Hall–Kier alpha value is -2.84. The van der Waals surface area contributed by atoms with Crippen molar-refractivity contribution in [2.24, 2.45) is 0 Å². The van der Waals surface area contributed by atoms with Gasteiger partial charge in [0.15, 0.2) is 0 Å². The second-order valence-electron chi connectivity index (χ2n) is 8.63. The second kappa shape index (κ2) is 7.19. The van der Waals surface area contributed by atoms with Gasteiger partial charge in [0.25, 0.3) is 0 Å². The van der Waals surface area contributed by atoms with Gasteiger partial charge in [-0.25, -0.2) is 0 Å². The topological polar surface area (TPSA) is 47.6 Å². The molecule has 0 aliphatic rings. The van der Waals surface area contributed by atoms with Crippen LogP contribution < -0.4 is 0 Å². The van der Waals surface area contributed by atoms with E-state index >= 15 is 0 Å². The molecule has 26 heavy (non-hydrogen) atoms. The maximum absolute atomic E-state index is 9.70. The van der Waals surface area contributed by atoms with E-state index in [0.29, 0.717) is 11.1 Å². The zero-order valence-corrected chi connectivity index (χ0v) is 16.5. The summed E-state index contributed by atoms with van der Waals surface area (Å²) < 4.78 is 0. The third kappa shape index (κ3) is 4.22. The zero-order chi connectivity index (χ0) is 19.5. The number of rotatable bonds is 2. The molecule has 132 valence electrons. The first-order chi connectivity index (χ1) is 12.1. The molecule has 0 fully saturated rings. The van der Waals surface area contributed by atoms with Gasteiger partial charge in [-0.15, -0.1) is 0 Å². The third-order valence-corrected chi connectivity index (χ3v) is 4.55. The summed E-state index contributed by atoms with van der Waals surface area (Å²) in [6, 6.07) is 20.3. The van der Waals surface area contributed by atoms with Gasteiger partial charge in [0, 0.05) is 0 Å². The molecule has 0 N–H and O–H groups in total. The Morgan fingerprint density at radius 1 is 0.577 bits per heavy atom. The van der Waals surface area contributed by atoms with E-state index in [-0.39, 0.29) is 10.8 Å². The van der Waals surface area contributed by atoms with Crippen molar-refractivity contribution in [3.8, 4) is 12.1 Å². The van der Waals surface area contributed by atoms with Gasteiger partial charge in [0.2, 0.25) is 0 Å². The zero-order valence-electron chi connectivity index (χ0n) is 16.5. The molecule has 0 spiro atoms. The Labute approximate surface area is 157 Å². The summed E-state index contributed by atoms with van der Waals surface area (Å²) in [5.74, 6) is 0. The summed E-state index contributed by atoms with van der Waals surface area (Å²) in [5, 5.41) is 19.4. The van der Waals surface area contributed by atoms with E-state index in [4.69, 9.17) is 0 Å². The summed E-state index contributed by atoms with van der Waals surface area (Å²) in [4.78, 5) is 0. The predicted molar refractivity (Wildman–Crippen MR) is 108 cm³/mol. The first kappa shape index (κ1) is 19.5. The van der Waals surface area contributed by atoms with Crippen LogP contribution in [-0.4, -0.2) is 0 Å². The summed E-state index contributed by atoms with van der Waals surface area (Å²) in [7, 11) is 0. The lowest BCUT2D eigenvalue weighted by molar-refractivity contribution is 0.590. The Kier molecular flexibility index (Phi) is 5.38. The highest BCUT2D eigenvalue weighted by atomic mass is 14.3. The van der Waals surface area contributed by atoms with Gasteiger partial charge in [-0.1, -0.05) is 90.1 Å². The van der Waals surface area contributed by atoms with Crippen molar-refractivity contribution < 1.29 is 0 Å². The molecular formula is C24H26N2. The molecule has 0 amide bonds. The maximum atomic E-state index is 9.70. The number of allylic oxidation sites excluding steroid dienone is 2. The molecule has 0 radical (unpaired) electrons. The number of hydrogen-bond donors (Lipinski definition) is 0. The Bertz CT molecular complexity index is 808. The fourth-order valence-electron chi connectivity index (χ4n) is 2.80. The smallest absolute Gasteiger partial charge is 0.101 e. The first-order valence-corrected chi connectivity index (χ1v) is 8.84. The van der Waals surface area contributed by atoms with Crippen LogP contribution in [0.3, 0.4) is 0 Å². The molecule has 0 heterocycles. The van der Waals surface area contributed by atoms with E-state index in [1.807, 2.05) is 48.5 Å². The number of hydrogen-bond acceptors (Lipinski definition) is 2. The average molecular weight is 342 g/mol. The standard InChI is InChI=1S/C24H26N2/c1-23(2,3)19-11-7-17(8-12-19)21(15-25)22(16-26)18-9-13-20(14-10-18)24(4,5)6/h7-14H,1-6H3/b22-21+. The molecule has 2 nitrogen and oxygen atoms in total. The molecule has 0 bridgehead atoms. The Morgan fingerprint density at radius 2 is 0.846 bits per heavy atom. The Morgan fingerprint density at radius 3 is 1.04 bits per heavy atom. The van der Waals surface area contributed by atoms with Crippen molar-refractivity contribution >= 4 is 11.1 Å². The lowest BCUT2D eigenvalue weighted by Crippen LogP contribution is -2.10. The van der Waals surface area contributed by atoms with Crippen molar-refractivity contribution in [2.75, 3.05) is 0 Å². The van der Waals surface area contributed by atoms with E-state index < -0.39 is 0 Å². The second-order valence-corrected chi connectivity index (χ2v) is 8.63. The van der Waals surface area contributed by atoms with Crippen LogP contribution in [0.4, 0.5) is 0 Å². The van der Waals surface area contributed by atoms with Gasteiger partial charge in [0.05, 0.1) is 11.1 Å². The fourth-order valence-corrected chi connectivity index (χ4v) is 2.80. The largest absolute Gasteiger partial charge is 0.192 e. The van der Waals surface area contributed by atoms with Gasteiger partial charge >= 0.3 is 0 Å². The molecule has 2 aromatic carbocycles. The highest BCUT2D eigenvalue weighted by Crippen LogP contribution is 2.30. The number of benzene rings is 2. The third-order valence-electron chi connectivity index (χ3n) is 4.55.